The molecule has 0 saturated heterocycles. The van der Waals surface area contributed by atoms with Crippen molar-refractivity contribution in [2.75, 3.05) is 5.32 Å². The maximum absolute atomic E-state index is 6.95. The highest BCUT2D eigenvalue weighted by atomic mass is 32.1. The fourth-order valence-corrected chi connectivity index (χ4v) is 6.88. The Bertz CT molecular complexity index is 1910. The van der Waals surface area contributed by atoms with Gasteiger partial charge in [0.15, 0.2) is 0 Å². The Morgan fingerprint density at radius 3 is 1.81 bits per heavy atom. The molecule has 7 aromatic rings. The molecule has 1 atom stereocenters. The second kappa shape index (κ2) is 12.2. The number of benzene rings is 6. The van der Waals surface area contributed by atoms with Crippen LogP contribution in [0.15, 0.2) is 152 Å². The first kappa shape index (κ1) is 27.1. The molecule has 0 saturated carbocycles. The van der Waals surface area contributed by atoms with Crippen LogP contribution in [0, 0.1) is 0 Å². The number of anilines is 2. The average Bonchev–Trinajstić information content (AvgIpc) is 3.43. The summed E-state index contributed by atoms with van der Waals surface area (Å²) in [4.78, 5) is 2.33. The highest BCUT2D eigenvalue weighted by Gasteiger charge is 2.18. The standard InChI is InChI=1S/C39H33N3S/c40-39(42(26-28-12-4-1-5-13-28)27-29-14-6-2-7-15-29)31-20-22-32(23-21-31)41-36-24-35-33-18-10-11-19-37(33)43-38(35)25-34(36)30-16-8-3-9-17-30/h1-25,39,41H,26-27,40H2. The molecule has 0 amide bonds. The van der Waals surface area contributed by atoms with Crippen molar-refractivity contribution >= 4 is 42.9 Å². The van der Waals surface area contributed by atoms with Gasteiger partial charge in [0.1, 0.15) is 0 Å². The Labute approximate surface area is 256 Å². The van der Waals surface area contributed by atoms with Crippen LogP contribution >= 0.6 is 11.3 Å². The SMILES string of the molecule is NC(c1ccc(Nc2cc3c(cc2-c2ccccc2)sc2ccccc23)cc1)N(Cc1ccccc1)Cc1ccccc1. The van der Waals surface area contributed by atoms with E-state index in [4.69, 9.17) is 5.73 Å². The smallest absolute Gasteiger partial charge is 0.0841 e. The van der Waals surface area contributed by atoms with Gasteiger partial charge < -0.3 is 11.1 Å². The zero-order valence-corrected chi connectivity index (χ0v) is 24.7. The van der Waals surface area contributed by atoms with Crippen LogP contribution in [0.3, 0.4) is 0 Å². The van der Waals surface area contributed by atoms with Crippen LogP contribution in [0.4, 0.5) is 11.4 Å². The molecule has 0 aliphatic rings. The van der Waals surface area contributed by atoms with Gasteiger partial charge in [-0.1, -0.05) is 121 Å². The lowest BCUT2D eigenvalue weighted by Gasteiger charge is -2.29. The van der Waals surface area contributed by atoms with Crippen molar-refractivity contribution in [3.05, 3.63) is 168 Å². The lowest BCUT2D eigenvalue weighted by Crippen LogP contribution is -2.33. The first-order valence-electron chi connectivity index (χ1n) is 14.7. The molecule has 4 heteroatoms. The van der Waals surface area contributed by atoms with Crippen molar-refractivity contribution in [3.63, 3.8) is 0 Å². The Morgan fingerprint density at radius 1 is 0.581 bits per heavy atom. The molecule has 210 valence electrons. The molecule has 7 rings (SSSR count). The molecule has 0 aliphatic heterocycles. The van der Waals surface area contributed by atoms with Crippen molar-refractivity contribution in [1.82, 2.24) is 4.90 Å². The highest BCUT2D eigenvalue weighted by Crippen LogP contribution is 2.41. The van der Waals surface area contributed by atoms with Crippen LogP contribution in [0.2, 0.25) is 0 Å². The minimum absolute atomic E-state index is 0.247. The minimum Gasteiger partial charge on any atom is -0.355 e. The third-order valence-corrected chi connectivity index (χ3v) is 9.12. The Kier molecular flexibility index (Phi) is 7.72. The normalized spacial score (nSPS) is 12.1. The average molecular weight is 576 g/mol. The maximum Gasteiger partial charge on any atom is 0.0841 e. The van der Waals surface area contributed by atoms with Crippen LogP contribution in [0.25, 0.3) is 31.3 Å². The van der Waals surface area contributed by atoms with Crippen molar-refractivity contribution in [2.24, 2.45) is 5.73 Å². The van der Waals surface area contributed by atoms with Crippen LogP contribution in [0.5, 0.6) is 0 Å². The molecule has 43 heavy (non-hydrogen) atoms. The van der Waals surface area contributed by atoms with E-state index in [0.717, 1.165) is 30.0 Å². The summed E-state index contributed by atoms with van der Waals surface area (Å²) >= 11 is 1.85. The molecule has 0 fully saturated rings. The third-order valence-electron chi connectivity index (χ3n) is 7.98. The van der Waals surface area contributed by atoms with Gasteiger partial charge >= 0.3 is 0 Å². The van der Waals surface area contributed by atoms with Gasteiger partial charge in [0.25, 0.3) is 0 Å². The van der Waals surface area contributed by atoms with Crippen LogP contribution in [-0.4, -0.2) is 4.90 Å². The van der Waals surface area contributed by atoms with Crippen LogP contribution in [-0.2, 0) is 13.1 Å². The zero-order chi connectivity index (χ0) is 29.0. The monoisotopic (exact) mass is 575 g/mol. The second-order valence-corrected chi connectivity index (χ2v) is 12.0. The van der Waals surface area contributed by atoms with Crippen LogP contribution < -0.4 is 11.1 Å². The summed E-state index contributed by atoms with van der Waals surface area (Å²) in [7, 11) is 0. The zero-order valence-electron chi connectivity index (χ0n) is 23.9. The topological polar surface area (TPSA) is 41.3 Å². The number of rotatable bonds is 9. The summed E-state index contributed by atoms with van der Waals surface area (Å²) < 4.78 is 2.60. The van der Waals surface area contributed by atoms with Gasteiger partial charge in [-0.2, -0.15) is 0 Å². The van der Waals surface area contributed by atoms with E-state index in [9.17, 15) is 0 Å². The van der Waals surface area contributed by atoms with Crippen LogP contribution in [0.1, 0.15) is 22.9 Å². The van der Waals surface area contributed by atoms with Crippen molar-refractivity contribution in [3.8, 4) is 11.1 Å². The fourth-order valence-electron chi connectivity index (χ4n) is 5.75. The van der Waals surface area contributed by atoms with E-state index in [1.165, 1.54) is 42.4 Å². The molecule has 0 bridgehead atoms. The molecule has 0 spiro atoms. The molecular weight excluding hydrogens is 543 g/mol. The lowest BCUT2D eigenvalue weighted by atomic mass is 10.0. The van der Waals surface area contributed by atoms with E-state index < -0.39 is 0 Å². The molecule has 1 heterocycles. The summed E-state index contributed by atoms with van der Waals surface area (Å²) in [5.41, 5.74) is 15.0. The van der Waals surface area contributed by atoms with E-state index in [1.54, 1.807) is 0 Å². The van der Waals surface area contributed by atoms with E-state index in [-0.39, 0.29) is 6.17 Å². The van der Waals surface area contributed by atoms with Crippen molar-refractivity contribution in [1.29, 1.82) is 0 Å². The van der Waals surface area contributed by atoms with Gasteiger partial charge in [0.05, 0.1) is 6.17 Å². The van der Waals surface area contributed by atoms with Crippen molar-refractivity contribution in [2.45, 2.75) is 19.3 Å². The largest absolute Gasteiger partial charge is 0.355 e. The third kappa shape index (κ3) is 5.95. The first-order chi connectivity index (χ1) is 21.2. The summed E-state index contributed by atoms with van der Waals surface area (Å²) in [5, 5.41) is 6.31. The maximum atomic E-state index is 6.95. The van der Waals surface area contributed by atoms with Gasteiger partial charge in [0.2, 0.25) is 0 Å². The minimum atomic E-state index is -0.247. The number of nitrogens with two attached hydrogens (primary N) is 1. The molecule has 0 radical (unpaired) electrons. The van der Waals surface area contributed by atoms with E-state index >= 15 is 0 Å². The second-order valence-electron chi connectivity index (χ2n) is 10.9. The Morgan fingerprint density at radius 2 is 1.16 bits per heavy atom. The Balaban J connectivity index is 1.19. The van der Waals surface area contributed by atoms with Gasteiger partial charge in [-0.25, -0.2) is 0 Å². The molecule has 3 nitrogen and oxygen atoms in total. The summed E-state index contributed by atoms with van der Waals surface area (Å²) in [6, 6.07) is 53.6. The number of hydrogen-bond acceptors (Lipinski definition) is 4. The number of nitrogens with zero attached hydrogens (tertiary/aromatic N) is 1. The van der Waals surface area contributed by atoms with Gasteiger partial charge in [0, 0.05) is 50.2 Å². The number of fused-ring (bicyclic) bond motifs is 3. The van der Waals surface area contributed by atoms with E-state index in [2.05, 4.69) is 162 Å². The van der Waals surface area contributed by atoms with Gasteiger partial charge in [-0.05, 0) is 52.6 Å². The highest BCUT2D eigenvalue weighted by molar-refractivity contribution is 7.25. The number of nitrogens with one attached hydrogen (secondary N) is 1. The predicted octanol–water partition coefficient (Wildman–Crippen LogP) is 10.1. The quantitative estimate of drug-likeness (QED) is 0.168. The van der Waals surface area contributed by atoms with Gasteiger partial charge in [-0.15, -0.1) is 11.3 Å². The summed E-state index contributed by atoms with van der Waals surface area (Å²) in [5.74, 6) is 0. The number of thiophene rings is 1. The molecule has 1 aromatic heterocycles. The Hall–Kier alpha value is -4.74. The molecular formula is C39H33N3S. The van der Waals surface area contributed by atoms with Gasteiger partial charge in [-0.3, -0.25) is 4.90 Å². The number of hydrogen-bond donors (Lipinski definition) is 2. The fraction of sp³-hybridized carbons (Fsp3) is 0.0769. The molecule has 6 aromatic carbocycles. The molecule has 0 aliphatic carbocycles. The lowest BCUT2D eigenvalue weighted by molar-refractivity contribution is 0.183. The van der Waals surface area contributed by atoms with E-state index in [0.29, 0.717) is 0 Å². The first-order valence-corrected chi connectivity index (χ1v) is 15.5. The summed E-state index contributed by atoms with van der Waals surface area (Å²) in [6.07, 6.45) is -0.247. The predicted molar refractivity (Wildman–Crippen MR) is 184 cm³/mol. The van der Waals surface area contributed by atoms with Crippen molar-refractivity contribution < 1.29 is 0 Å². The molecule has 1 unspecified atom stereocenters. The van der Waals surface area contributed by atoms with E-state index in [1.807, 2.05) is 11.3 Å². The molecule has 3 N–H and O–H groups in total. The summed E-state index contributed by atoms with van der Waals surface area (Å²) in [6.45, 7) is 1.54.